The second-order valence-electron chi connectivity index (χ2n) is 4.52. The first-order valence-corrected chi connectivity index (χ1v) is 5.91. The molecule has 1 amide bonds. The third kappa shape index (κ3) is 3.94. The van der Waals surface area contributed by atoms with E-state index in [1.54, 1.807) is 6.08 Å². The number of amides is 1. The van der Waals surface area contributed by atoms with Crippen molar-refractivity contribution in [1.82, 2.24) is 15.1 Å². The Balaban J connectivity index is 2.34. The molecule has 1 unspecified atom stereocenters. The Morgan fingerprint density at radius 3 is 3.00 bits per heavy atom. The van der Waals surface area contributed by atoms with Gasteiger partial charge >= 0.3 is 0 Å². The molecular formula is C12H23N3O. The largest absolute Gasteiger partial charge is 0.340 e. The molecule has 4 heteroatoms. The molecule has 0 saturated carbocycles. The molecule has 1 saturated heterocycles. The Labute approximate surface area is 98.3 Å². The number of carbonyl (C=O) groups is 1. The van der Waals surface area contributed by atoms with E-state index in [-0.39, 0.29) is 5.91 Å². The lowest BCUT2D eigenvalue weighted by atomic mass is 10.0. The fourth-order valence-electron chi connectivity index (χ4n) is 2.00. The van der Waals surface area contributed by atoms with Crippen LogP contribution in [-0.2, 0) is 4.79 Å². The lowest BCUT2D eigenvalue weighted by molar-refractivity contribution is -0.132. The highest BCUT2D eigenvalue weighted by molar-refractivity contribution is 5.78. The molecule has 1 atom stereocenters. The highest BCUT2D eigenvalue weighted by atomic mass is 16.2. The van der Waals surface area contributed by atoms with E-state index in [0.29, 0.717) is 19.1 Å². The number of hydrogen-bond acceptors (Lipinski definition) is 3. The summed E-state index contributed by atoms with van der Waals surface area (Å²) in [5, 5.41) is 3.05. The number of hydrogen-bond donors (Lipinski definition) is 1. The monoisotopic (exact) mass is 225 g/mol. The third-order valence-electron chi connectivity index (χ3n) is 3.04. The van der Waals surface area contributed by atoms with Crippen molar-refractivity contribution in [1.29, 1.82) is 0 Å². The highest BCUT2D eigenvalue weighted by Crippen LogP contribution is 2.13. The lowest BCUT2D eigenvalue weighted by Crippen LogP contribution is -2.49. The molecule has 16 heavy (non-hydrogen) atoms. The Bertz CT molecular complexity index is 240. The summed E-state index contributed by atoms with van der Waals surface area (Å²) in [6, 6.07) is 0.511. The molecule has 4 nitrogen and oxygen atoms in total. The summed E-state index contributed by atoms with van der Waals surface area (Å²) in [5.41, 5.74) is 0. The number of carbonyl (C=O) groups excluding carboxylic acids is 1. The molecule has 0 aliphatic carbocycles. The molecule has 1 fully saturated rings. The van der Waals surface area contributed by atoms with Gasteiger partial charge in [-0.1, -0.05) is 6.08 Å². The zero-order valence-corrected chi connectivity index (χ0v) is 10.4. The van der Waals surface area contributed by atoms with Crippen LogP contribution in [0.15, 0.2) is 12.7 Å². The van der Waals surface area contributed by atoms with Crippen LogP contribution in [0, 0.1) is 0 Å². The Morgan fingerprint density at radius 1 is 1.62 bits per heavy atom. The molecule has 1 aliphatic heterocycles. The molecule has 92 valence electrons. The van der Waals surface area contributed by atoms with Crippen LogP contribution in [-0.4, -0.2) is 62.0 Å². The van der Waals surface area contributed by atoms with Gasteiger partial charge in [0.25, 0.3) is 0 Å². The van der Waals surface area contributed by atoms with Crippen LogP contribution in [0.4, 0.5) is 0 Å². The van der Waals surface area contributed by atoms with Crippen LogP contribution in [0.1, 0.15) is 12.8 Å². The molecule has 1 rings (SSSR count). The number of rotatable bonds is 5. The van der Waals surface area contributed by atoms with Gasteiger partial charge < -0.3 is 15.1 Å². The van der Waals surface area contributed by atoms with Gasteiger partial charge in [0.1, 0.15) is 0 Å². The van der Waals surface area contributed by atoms with Crippen molar-refractivity contribution >= 4 is 5.91 Å². The summed E-state index contributed by atoms with van der Waals surface area (Å²) in [5.74, 6) is 0.202. The predicted octanol–water partition coefficient (Wildman–Crippen LogP) is 0.315. The summed E-state index contributed by atoms with van der Waals surface area (Å²) >= 11 is 0. The minimum absolute atomic E-state index is 0.202. The maximum atomic E-state index is 11.9. The highest BCUT2D eigenvalue weighted by Gasteiger charge is 2.24. The summed E-state index contributed by atoms with van der Waals surface area (Å²) in [6.07, 6.45) is 4.07. The lowest BCUT2D eigenvalue weighted by Gasteiger charge is -2.36. The molecule has 0 aromatic carbocycles. The van der Waals surface area contributed by atoms with Crippen molar-refractivity contribution in [3.05, 3.63) is 12.7 Å². The predicted molar refractivity (Wildman–Crippen MR) is 66.4 cm³/mol. The summed E-state index contributed by atoms with van der Waals surface area (Å²) in [6.45, 7) is 6.49. The average Bonchev–Trinajstić information content (AvgIpc) is 2.29. The van der Waals surface area contributed by atoms with Gasteiger partial charge in [-0.2, -0.15) is 0 Å². The van der Waals surface area contributed by atoms with E-state index in [1.807, 2.05) is 4.90 Å². The van der Waals surface area contributed by atoms with Crippen molar-refractivity contribution in [2.75, 3.05) is 40.3 Å². The average molecular weight is 225 g/mol. The standard InChI is InChI=1S/C12H23N3O/c1-4-7-13-9-12(16)15-8-5-6-11(10-15)14(2)3/h4,11,13H,1,5-10H2,2-3H3. The van der Waals surface area contributed by atoms with Crippen molar-refractivity contribution in [3.8, 4) is 0 Å². The Hall–Kier alpha value is -0.870. The summed E-state index contributed by atoms with van der Waals surface area (Å²) in [4.78, 5) is 16.0. The number of likely N-dealkylation sites (N-methyl/N-ethyl adjacent to an activating group) is 1. The van der Waals surface area contributed by atoms with Crippen molar-refractivity contribution < 1.29 is 4.79 Å². The first-order chi connectivity index (χ1) is 7.65. The zero-order valence-electron chi connectivity index (χ0n) is 10.4. The number of likely N-dealkylation sites (tertiary alicyclic amines) is 1. The van der Waals surface area contributed by atoms with Gasteiger partial charge in [-0.25, -0.2) is 0 Å². The maximum absolute atomic E-state index is 11.9. The third-order valence-corrected chi connectivity index (χ3v) is 3.04. The number of nitrogens with one attached hydrogen (secondary N) is 1. The molecule has 0 aromatic rings. The Morgan fingerprint density at radius 2 is 2.38 bits per heavy atom. The van der Waals surface area contributed by atoms with Crippen LogP contribution < -0.4 is 5.32 Å². The van der Waals surface area contributed by atoms with Crippen LogP contribution >= 0.6 is 0 Å². The van der Waals surface area contributed by atoms with E-state index < -0.39 is 0 Å². The van der Waals surface area contributed by atoms with E-state index in [1.165, 1.54) is 6.42 Å². The number of nitrogens with zero attached hydrogens (tertiary/aromatic N) is 2. The first kappa shape index (κ1) is 13.2. The van der Waals surface area contributed by atoms with E-state index in [9.17, 15) is 4.79 Å². The molecule has 1 heterocycles. The van der Waals surface area contributed by atoms with Crippen LogP contribution in [0.25, 0.3) is 0 Å². The minimum atomic E-state index is 0.202. The van der Waals surface area contributed by atoms with E-state index >= 15 is 0 Å². The maximum Gasteiger partial charge on any atom is 0.236 e. The topological polar surface area (TPSA) is 35.6 Å². The van der Waals surface area contributed by atoms with Gasteiger partial charge in [-0.15, -0.1) is 6.58 Å². The van der Waals surface area contributed by atoms with Gasteiger partial charge in [0.15, 0.2) is 0 Å². The van der Waals surface area contributed by atoms with Crippen LogP contribution in [0.5, 0.6) is 0 Å². The van der Waals surface area contributed by atoms with Crippen LogP contribution in [0.3, 0.4) is 0 Å². The first-order valence-electron chi connectivity index (χ1n) is 5.91. The quantitative estimate of drug-likeness (QED) is 0.540. The molecule has 0 spiro atoms. The molecule has 0 radical (unpaired) electrons. The molecule has 0 aromatic heterocycles. The second-order valence-corrected chi connectivity index (χ2v) is 4.52. The smallest absolute Gasteiger partial charge is 0.236 e. The number of piperidine rings is 1. The van der Waals surface area contributed by atoms with Crippen molar-refractivity contribution in [3.63, 3.8) is 0 Å². The minimum Gasteiger partial charge on any atom is -0.340 e. The van der Waals surface area contributed by atoms with Gasteiger partial charge in [-0.3, -0.25) is 4.79 Å². The zero-order chi connectivity index (χ0) is 12.0. The van der Waals surface area contributed by atoms with Crippen LogP contribution in [0.2, 0.25) is 0 Å². The van der Waals surface area contributed by atoms with Gasteiger partial charge in [0.2, 0.25) is 5.91 Å². The van der Waals surface area contributed by atoms with Gasteiger partial charge in [0.05, 0.1) is 6.54 Å². The molecule has 1 aliphatic rings. The van der Waals surface area contributed by atoms with E-state index in [0.717, 1.165) is 19.5 Å². The van der Waals surface area contributed by atoms with E-state index in [2.05, 4.69) is 30.9 Å². The van der Waals surface area contributed by atoms with Gasteiger partial charge in [0, 0.05) is 25.7 Å². The normalized spacial score (nSPS) is 21.2. The second kappa shape index (κ2) is 6.66. The molecular weight excluding hydrogens is 202 g/mol. The molecule has 1 N–H and O–H groups in total. The molecule has 0 bridgehead atoms. The summed E-state index contributed by atoms with van der Waals surface area (Å²) in [7, 11) is 4.16. The fraction of sp³-hybridized carbons (Fsp3) is 0.750. The van der Waals surface area contributed by atoms with Gasteiger partial charge in [-0.05, 0) is 26.9 Å². The Kier molecular flexibility index (Phi) is 5.49. The van der Waals surface area contributed by atoms with E-state index in [4.69, 9.17) is 0 Å². The van der Waals surface area contributed by atoms with Crippen molar-refractivity contribution in [2.45, 2.75) is 18.9 Å². The summed E-state index contributed by atoms with van der Waals surface area (Å²) < 4.78 is 0. The SMILES string of the molecule is C=CCNCC(=O)N1CCCC(N(C)C)C1. The van der Waals surface area contributed by atoms with Crippen molar-refractivity contribution in [2.24, 2.45) is 0 Å². The fourth-order valence-corrected chi connectivity index (χ4v) is 2.00.